The van der Waals surface area contributed by atoms with Crippen molar-refractivity contribution >= 4 is 34.2 Å². The molecule has 1 atom stereocenters. The van der Waals surface area contributed by atoms with E-state index in [1.54, 1.807) is 6.07 Å². The number of carbonyl (C=O) groups is 1. The molecule has 0 aliphatic rings. The molecule has 0 bridgehead atoms. The summed E-state index contributed by atoms with van der Waals surface area (Å²) in [7, 11) is 0. The number of nitrogens with two attached hydrogens (primary N) is 1. The second kappa shape index (κ2) is 7.63. The van der Waals surface area contributed by atoms with E-state index in [4.69, 9.17) is 5.73 Å². The fraction of sp³-hybridized carbons (Fsp3) is 0.364. The van der Waals surface area contributed by atoms with Crippen LogP contribution in [0.1, 0.15) is 23.7 Å². The smallest absolute Gasteiger partial charge is 0.251 e. The van der Waals surface area contributed by atoms with Gasteiger partial charge in [-0.2, -0.15) is 0 Å². The van der Waals surface area contributed by atoms with Gasteiger partial charge in [0.2, 0.25) is 0 Å². The van der Waals surface area contributed by atoms with Crippen LogP contribution in [-0.2, 0) is 0 Å². The van der Waals surface area contributed by atoms with Crippen LogP contribution < -0.4 is 11.1 Å². The Hall–Kier alpha value is -0.650. The number of benzene rings is 1. The van der Waals surface area contributed by atoms with Gasteiger partial charge < -0.3 is 11.1 Å². The quantitative estimate of drug-likeness (QED) is 0.893. The lowest BCUT2D eigenvalue weighted by Gasteiger charge is -2.07. The van der Waals surface area contributed by atoms with E-state index in [1.165, 1.54) is 12.1 Å². The lowest BCUT2D eigenvalue weighted by atomic mass is 10.2. The number of hydrogen-bond acceptors (Lipinski definition) is 2. The van der Waals surface area contributed by atoms with E-state index in [9.17, 15) is 9.18 Å². The third kappa shape index (κ3) is 5.48. The molecular formula is C11H15BrClFN2O. The molecule has 0 aromatic heterocycles. The molecule has 3 nitrogen and oxygen atoms in total. The van der Waals surface area contributed by atoms with Crippen molar-refractivity contribution in [3.05, 3.63) is 34.1 Å². The Bertz CT molecular complexity index is 388. The largest absolute Gasteiger partial charge is 0.352 e. The maximum atomic E-state index is 13.1. The molecule has 6 heteroatoms. The maximum Gasteiger partial charge on any atom is 0.251 e. The van der Waals surface area contributed by atoms with Crippen molar-refractivity contribution in [3.63, 3.8) is 0 Å². The molecule has 1 aromatic rings. The number of halogens is 3. The number of hydrogen-bond donors (Lipinski definition) is 2. The van der Waals surface area contributed by atoms with Crippen molar-refractivity contribution in [1.29, 1.82) is 0 Å². The van der Waals surface area contributed by atoms with Crippen molar-refractivity contribution in [2.45, 2.75) is 19.4 Å². The number of nitrogens with one attached hydrogen (secondary N) is 1. The first kappa shape index (κ1) is 16.4. The van der Waals surface area contributed by atoms with Crippen LogP contribution in [-0.4, -0.2) is 18.5 Å². The van der Waals surface area contributed by atoms with Crippen molar-refractivity contribution in [3.8, 4) is 0 Å². The first-order valence-electron chi connectivity index (χ1n) is 4.99. The molecule has 0 aliphatic carbocycles. The summed E-state index contributed by atoms with van der Waals surface area (Å²) < 4.78 is 13.5. The zero-order valence-electron chi connectivity index (χ0n) is 9.37. The topological polar surface area (TPSA) is 55.1 Å². The zero-order chi connectivity index (χ0) is 12.1. The van der Waals surface area contributed by atoms with Gasteiger partial charge in [-0.25, -0.2) is 4.39 Å². The highest BCUT2D eigenvalue weighted by molar-refractivity contribution is 9.10. The third-order valence-electron chi connectivity index (χ3n) is 2.07. The molecule has 0 spiro atoms. The Balaban J connectivity index is 0.00000256. The third-order valence-corrected chi connectivity index (χ3v) is 2.71. The number of amides is 1. The van der Waals surface area contributed by atoms with E-state index in [0.29, 0.717) is 23.0 Å². The Kier molecular flexibility index (Phi) is 7.34. The van der Waals surface area contributed by atoms with Crippen LogP contribution in [0.3, 0.4) is 0 Å². The molecule has 0 aliphatic heterocycles. The average molecular weight is 326 g/mol. The molecule has 1 rings (SSSR count). The maximum absolute atomic E-state index is 13.1. The van der Waals surface area contributed by atoms with Gasteiger partial charge in [-0.3, -0.25) is 4.79 Å². The van der Waals surface area contributed by atoms with Crippen LogP contribution in [0.5, 0.6) is 0 Å². The molecule has 1 unspecified atom stereocenters. The Morgan fingerprint density at radius 1 is 1.59 bits per heavy atom. The van der Waals surface area contributed by atoms with E-state index in [-0.39, 0.29) is 24.4 Å². The van der Waals surface area contributed by atoms with Crippen LogP contribution in [0.2, 0.25) is 0 Å². The highest BCUT2D eigenvalue weighted by Gasteiger charge is 2.08. The molecule has 0 fully saturated rings. The average Bonchev–Trinajstić information content (AvgIpc) is 2.21. The van der Waals surface area contributed by atoms with Gasteiger partial charge in [0, 0.05) is 18.2 Å². The highest BCUT2D eigenvalue weighted by Crippen LogP contribution is 2.16. The summed E-state index contributed by atoms with van der Waals surface area (Å²) in [5.74, 6) is -0.730. The Labute approximate surface area is 114 Å². The van der Waals surface area contributed by atoms with E-state index < -0.39 is 5.82 Å². The van der Waals surface area contributed by atoms with Crippen LogP contribution in [0.15, 0.2) is 22.7 Å². The van der Waals surface area contributed by atoms with Crippen molar-refractivity contribution in [2.24, 2.45) is 5.73 Å². The van der Waals surface area contributed by atoms with Crippen molar-refractivity contribution in [2.75, 3.05) is 6.54 Å². The minimum Gasteiger partial charge on any atom is -0.352 e. The van der Waals surface area contributed by atoms with Gasteiger partial charge in [-0.1, -0.05) is 0 Å². The van der Waals surface area contributed by atoms with E-state index in [0.717, 1.165) is 0 Å². The number of carbonyl (C=O) groups excluding carboxylic acids is 1. The van der Waals surface area contributed by atoms with Crippen LogP contribution in [0.4, 0.5) is 4.39 Å². The molecule has 0 radical (unpaired) electrons. The van der Waals surface area contributed by atoms with Crippen LogP contribution >= 0.6 is 28.3 Å². The first-order chi connectivity index (χ1) is 7.50. The van der Waals surface area contributed by atoms with Gasteiger partial charge in [0.1, 0.15) is 5.82 Å². The zero-order valence-corrected chi connectivity index (χ0v) is 11.8. The molecule has 0 saturated heterocycles. The van der Waals surface area contributed by atoms with E-state index in [1.807, 2.05) is 6.92 Å². The second-order valence-corrected chi connectivity index (χ2v) is 4.51. The lowest BCUT2D eigenvalue weighted by molar-refractivity contribution is 0.0952. The number of rotatable bonds is 4. The monoisotopic (exact) mass is 324 g/mol. The SMILES string of the molecule is CC(N)CCNC(=O)c1ccc(Br)c(F)c1.Cl. The molecule has 1 aromatic carbocycles. The minimum atomic E-state index is -0.445. The molecule has 1 amide bonds. The first-order valence-corrected chi connectivity index (χ1v) is 5.79. The standard InChI is InChI=1S/C11H14BrFN2O.ClH/c1-7(14)4-5-15-11(16)8-2-3-9(12)10(13)6-8;/h2-3,6-7H,4-5,14H2,1H3,(H,15,16);1H. The lowest BCUT2D eigenvalue weighted by Crippen LogP contribution is -2.28. The molecule has 0 heterocycles. The van der Waals surface area contributed by atoms with Gasteiger partial charge >= 0.3 is 0 Å². The Morgan fingerprint density at radius 3 is 2.76 bits per heavy atom. The summed E-state index contributed by atoms with van der Waals surface area (Å²) in [4.78, 5) is 11.6. The highest BCUT2D eigenvalue weighted by atomic mass is 79.9. The fourth-order valence-electron chi connectivity index (χ4n) is 1.15. The summed E-state index contributed by atoms with van der Waals surface area (Å²) in [6.07, 6.45) is 0.699. The van der Waals surface area contributed by atoms with Crippen LogP contribution in [0.25, 0.3) is 0 Å². The molecule has 96 valence electrons. The van der Waals surface area contributed by atoms with Gasteiger partial charge in [0.25, 0.3) is 5.91 Å². The van der Waals surface area contributed by atoms with Gasteiger partial charge in [0.05, 0.1) is 4.47 Å². The minimum absolute atomic E-state index is 0. The second-order valence-electron chi connectivity index (χ2n) is 3.65. The van der Waals surface area contributed by atoms with Crippen molar-refractivity contribution in [1.82, 2.24) is 5.32 Å². The van der Waals surface area contributed by atoms with Crippen molar-refractivity contribution < 1.29 is 9.18 Å². The summed E-state index contributed by atoms with van der Waals surface area (Å²) >= 11 is 3.03. The Morgan fingerprint density at radius 2 is 2.24 bits per heavy atom. The summed E-state index contributed by atoms with van der Waals surface area (Å²) in [6, 6.07) is 4.32. The molecule has 17 heavy (non-hydrogen) atoms. The summed E-state index contributed by atoms with van der Waals surface area (Å²) in [5, 5.41) is 2.68. The summed E-state index contributed by atoms with van der Waals surface area (Å²) in [5.41, 5.74) is 5.85. The molecule has 3 N–H and O–H groups in total. The normalized spacial score (nSPS) is 11.5. The van der Waals surface area contributed by atoms with Gasteiger partial charge in [-0.15, -0.1) is 12.4 Å². The van der Waals surface area contributed by atoms with E-state index in [2.05, 4.69) is 21.2 Å². The predicted molar refractivity (Wildman–Crippen MR) is 71.9 cm³/mol. The fourth-order valence-corrected chi connectivity index (χ4v) is 1.40. The molecular weight excluding hydrogens is 310 g/mol. The predicted octanol–water partition coefficient (Wildman–Crippen LogP) is 2.48. The summed E-state index contributed by atoms with van der Waals surface area (Å²) in [6.45, 7) is 2.36. The molecule has 0 saturated carbocycles. The van der Waals surface area contributed by atoms with Gasteiger partial charge in [0.15, 0.2) is 0 Å². The van der Waals surface area contributed by atoms with Crippen LogP contribution in [0, 0.1) is 5.82 Å². The van der Waals surface area contributed by atoms with E-state index >= 15 is 0 Å². The van der Waals surface area contributed by atoms with Gasteiger partial charge in [-0.05, 0) is 47.5 Å².